The lowest BCUT2D eigenvalue weighted by molar-refractivity contribution is 0.197. The maximum atomic E-state index is 6.06. The van der Waals surface area contributed by atoms with Gasteiger partial charge >= 0.3 is 0 Å². The Morgan fingerprint density at radius 2 is 2.22 bits per heavy atom. The van der Waals surface area contributed by atoms with Gasteiger partial charge in [0, 0.05) is 30.1 Å². The highest BCUT2D eigenvalue weighted by atomic mass is 127. The first kappa shape index (κ1) is 19.0. The van der Waals surface area contributed by atoms with E-state index in [1.807, 2.05) is 11.3 Å². The van der Waals surface area contributed by atoms with Gasteiger partial charge in [-0.3, -0.25) is 9.89 Å². The molecule has 0 bridgehead atoms. The lowest BCUT2D eigenvalue weighted by atomic mass is 9.96. The number of nitrogens with one attached hydrogen (secondary N) is 1. The first-order valence-corrected chi connectivity index (χ1v) is 9.46. The number of fused-ring (bicyclic) bond motifs is 1. The summed E-state index contributed by atoms with van der Waals surface area (Å²) in [5, 5.41) is 5.61. The molecule has 1 aromatic heterocycles. The number of nitrogens with zero attached hydrogens (tertiary/aromatic N) is 2. The van der Waals surface area contributed by atoms with Crippen molar-refractivity contribution in [1.29, 1.82) is 0 Å². The van der Waals surface area contributed by atoms with Crippen molar-refractivity contribution in [2.75, 3.05) is 13.1 Å². The Morgan fingerprint density at radius 3 is 3.00 bits per heavy atom. The summed E-state index contributed by atoms with van der Waals surface area (Å²) in [5.41, 5.74) is 7.56. The van der Waals surface area contributed by atoms with Crippen LogP contribution in [0, 0.1) is 0 Å². The minimum absolute atomic E-state index is 0. The first-order chi connectivity index (χ1) is 10.7. The van der Waals surface area contributed by atoms with E-state index in [1.54, 1.807) is 4.88 Å². The van der Waals surface area contributed by atoms with Gasteiger partial charge in [-0.25, -0.2) is 0 Å². The number of guanidine groups is 1. The number of halogens is 1. The summed E-state index contributed by atoms with van der Waals surface area (Å²) >= 11 is 1.89. The normalized spacial score (nSPS) is 21.3. The molecule has 130 valence electrons. The third kappa shape index (κ3) is 5.32. The molecule has 2 heterocycles. The summed E-state index contributed by atoms with van der Waals surface area (Å²) in [4.78, 5) is 8.66. The van der Waals surface area contributed by atoms with Crippen LogP contribution in [0.2, 0.25) is 0 Å². The smallest absolute Gasteiger partial charge is 0.188 e. The van der Waals surface area contributed by atoms with E-state index in [0.717, 1.165) is 19.6 Å². The number of aliphatic imine (C=N–C) groups is 1. The standard InChI is InChI=1S/C17H28N4S.HI/c1-13(21-9-7-16-14(12-21)8-10-22-16)11-19-17(18)20-15-5-3-2-4-6-15;/h8,10,13,15H,2-7,9,11-12H2,1H3,(H3,18,19,20);1H. The van der Waals surface area contributed by atoms with Gasteiger partial charge in [-0.05, 0) is 43.2 Å². The van der Waals surface area contributed by atoms with Gasteiger partial charge in [-0.15, -0.1) is 35.3 Å². The number of thiophene rings is 1. The van der Waals surface area contributed by atoms with E-state index in [9.17, 15) is 0 Å². The molecule has 0 amide bonds. The van der Waals surface area contributed by atoms with Gasteiger partial charge < -0.3 is 11.1 Å². The summed E-state index contributed by atoms with van der Waals surface area (Å²) in [7, 11) is 0. The van der Waals surface area contributed by atoms with Crippen molar-refractivity contribution in [3.8, 4) is 0 Å². The quantitative estimate of drug-likeness (QED) is 0.422. The lowest BCUT2D eigenvalue weighted by Crippen LogP contribution is -2.43. The van der Waals surface area contributed by atoms with Crippen LogP contribution >= 0.6 is 35.3 Å². The van der Waals surface area contributed by atoms with Crippen molar-refractivity contribution < 1.29 is 0 Å². The molecule has 1 saturated carbocycles. The molecule has 1 aliphatic carbocycles. The molecular weight excluding hydrogens is 419 g/mol. The fourth-order valence-corrected chi connectivity index (χ4v) is 4.38. The second kappa shape index (κ2) is 9.22. The average molecular weight is 448 g/mol. The molecule has 0 aromatic carbocycles. The minimum Gasteiger partial charge on any atom is -0.370 e. The Balaban J connectivity index is 0.00000192. The highest BCUT2D eigenvalue weighted by molar-refractivity contribution is 14.0. The second-order valence-electron chi connectivity index (χ2n) is 6.64. The van der Waals surface area contributed by atoms with Crippen LogP contribution < -0.4 is 11.1 Å². The van der Waals surface area contributed by atoms with Crippen LogP contribution in [-0.2, 0) is 13.0 Å². The van der Waals surface area contributed by atoms with Crippen LogP contribution in [0.5, 0.6) is 0 Å². The van der Waals surface area contributed by atoms with Crippen LogP contribution in [0.1, 0.15) is 49.5 Å². The summed E-state index contributed by atoms with van der Waals surface area (Å²) in [5.74, 6) is 0.631. The number of hydrogen-bond acceptors (Lipinski definition) is 3. The molecule has 6 heteroatoms. The Morgan fingerprint density at radius 1 is 1.43 bits per heavy atom. The summed E-state index contributed by atoms with van der Waals surface area (Å²) in [6, 6.07) is 3.25. The number of rotatable bonds is 4. The maximum Gasteiger partial charge on any atom is 0.188 e. The highest BCUT2D eigenvalue weighted by Crippen LogP contribution is 2.25. The Bertz CT molecular complexity index is 510. The van der Waals surface area contributed by atoms with E-state index < -0.39 is 0 Å². The van der Waals surface area contributed by atoms with Gasteiger partial charge in [0.15, 0.2) is 5.96 Å². The minimum atomic E-state index is 0. The van der Waals surface area contributed by atoms with Gasteiger partial charge in [0.25, 0.3) is 0 Å². The van der Waals surface area contributed by atoms with E-state index in [2.05, 4.69) is 33.6 Å². The van der Waals surface area contributed by atoms with Crippen molar-refractivity contribution in [2.24, 2.45) is 10.7 Å². The van der Waals surface area contributed by atoms with Crippen LogP contribution in [0.4, 0.5) is 0 Å². The van der Waals surface area contributed by atoms with Crippen molar-refractivity contribution in [1.82, 2.24) is 10.2 Å². The summed E-state index contributed by atoms with van der Waals surface area (Å²) in [6.07, 6.45) is 7.65. The van der Waals surface area contributed by atoms with Crippen molar-refractivity contribution >= 4 is 41.3 Å². The monoisotopic (exact) mass is 448 g/mol. The van der Waals surface area contributed by atoms with Crippen LogP contribution in [-0.4, -0.2) is 36.0 Å². The van der Waals surface area contributed by atoms with Crippen LogP contribution in [0.3, 0.4) is 0 Å². The molecule has 1 fully saturated rings. The molecule has 1 aliphatic heterocycles. The first-order valence-electron chi connectivity index (χ1n) is 8.58. The molecule has 23 heavy (non-hydrogen) atoms. The molecule has 0 spiro atoms. The van der Waals surface area contributed by atoms with E-state index in [1.165, 1.54) is 44.1 Å². The number of nitrogens with two attached hydrogens (primary N) is 1. The zero-order chi connectivity index (χ0) is 15.4. The molecule has 2 aliphatic rings. The third-order valence-corrected chi connectivity index (χ3v) is 5.97. The summed E-state index contributed by atoms with van der Waals surface area (Å²) < 4.78 is 0. The molecule has 3 N–H and O–H groups in total. The summed E-state index contributed by atoms with van der Waals surface area (Å²) in [6.45, 7) is 5.24. The molecule has 1 unspecified atom stereocenters. The Hall–Kier alpha value is -0.340. The fraction of sp³-hybridized carbons (Fsp3) is 0.706. The predicted octanol–water partition coefficient (Wildman–Crippen LogP) is 3.35. The van der Waals surface area contributed by atoms with E-state index in [0.29, 0.717) is 18.0 Å². The molecule has 4 nitrogen and oxygen atoms in total. The SMILES string of the molecule is CC(CN=C(N)NC1CCCCC1)N1CCc2sccc2C1.I. The maximum absolute atomic E-state index is 6.06. The average Bonchev–Trinajstić information content (AvgIpc) is 3.01. The zero-order valence-corrected chi connectivity index (χ0v) is 17.1. The molecule has 0 radical (unpaired) electrons. The fourth-order valence-electron chi connectivity index (χ4n) is 3.49. The Labute approximate surface area is 160 Å². The van der Waals surface area contributed by atoms with Crippen molar-refractivity contribution in [3.05, 3.63) is 21.9 Å². The number of hydrogen-bond donors (Lipinski definition) is 2. The van der Waals surface area contributed by atoms with Crippen LogP contribution in [0.25, 0.3) is 0 Å². The zero-order valence-electron chi connectivity index (χ0n) is 14.0. The lowest BCUT2D eigenvalue weighted by Gasteiger charge is -2.31. The van der Waals surface area contributed by atoms with Gasteiger partial charge in [-0.1, -0.05) is 19.3 Å². The van der Waals surface area contributed by atoms with Crippen LogP contribution in [0.15, 0.2) is 16.4 Å². The largest absolute Gasteiger partial charge is 0.370 e. The van der Waals surface area contributed by atoms with Gasteiger partial charge in [0.05, 0.1) is 6.54 Å². The van der Waals surface area contributed by atoms with E-state index in [-0.39, 0.29) is 24.0 Å². The second-order valence-corrected chi connectivity index (χ2v) is 7.64. The van der Waals surface area contributed by atoms with E-state index in [4.69, 9.17) is 5.73 Å². The predicted molar refractivity (Wildman–Crippen MR) is 110 cm³/mol. The van der Waals surface area contributed by atoms with Gasteiger partial charge in [0.1, 0.15) is 0 Å². The van der Waals surface area contributed by atoms with Gasteiger partial charge in [-0.2, -0.15) is 0 Å². The Kier molecular flexibility index (Phi) is 7.62. The molecular formula is C17H29IN4S. The van der Waals surface area contributed by atoms with E-state index >= 15 is 0 Å². The topological polar surface area (TPSA) is 53.6 Å². The molecule has 1 atom stereocenters. The molecule has 0 saturated heterocycles. The van der Waals surface area contributed by atoms with Crippen molar-refractivity contribution in [3.63, 3.8) is 0 Å². The molecule has 1 aromatic rings. The van der Waals surface area contributed by atoms with Crippen molar-refractivity contribution in [2.45, 2.75) is 64.1 Å². The van der Waals surface area contributed by atoms with Gasteiger partial charge in [0.2, 0.25) is 0 Å². The highest BCUT2D eigenvalue weighted by Gasteiger charge is 2.21. The molecule has 3 rings (SSSR count). The third-order valence-electron chi connectivity index (χ3n) is 4.94.